The van der Waals surface area contributed by atoms with Gasteiger partial charge in [-0.2, -0.15) is 0 Å². The Morgan fingerprint density at radius 1 is 1.47 bits per heavy atom. The highest BCUT2D eigenvalue weighted by Crippen LogP contribution is 2.24. The van der Waals surface area contributed by atoms with Crippen molar-refractivity contribution < 1.29 is 18.3 Å². The first kappa shape index (κ1) is 15.7. The molecule has 1 atom stereocenters. The Morgan fingerprint density at radius 2 is 2.11 bits per heavy atom. The van der Waals surface area contributed by atoms with Crippen LogP contribution in [0.3, 0.4) is 0 Å². The van der Waals surface area contributed by atoms with Crippen LogP contribution in [0, 0.1) is 0 Å². The first-order chi connectivity index (χ1) is 8.70. The normalized spacial score (nSPS) is 12.8. The summed E-state index contributed by atoms with van der Waals surface area (Å²) >= 11 is 5.78. The zero-order chi connectivity index (χ0) is 14.6. The van der Waals surface area contributed by atoms with Gasteiger partial charge in [-0.25, -0.2) is 13.2 Å². The molecule has 0 saturated carbocycles. The van der Waals surface area contributed by atoms with Crippen LogP contribution in [0.15, 0.2) is 23.1 Å². The van der Waals surface area contributed by atoms with E-state index >= 15 is 0 Å². The number of rotatable bonds is 4. The quantitative estimate of drug-likeness (QED) is 0.780. The molecule has 0 radical (unpaired) electrons. The van der Waals surface area contributed by atoms with Crippen LogP contribution in [-0.4, -0.2) is 38.5 Å². The van der Waals surface area contributed by atoms with Gasteiger partial charge in [0.05, 0.1) is 16.0 Å². The van der Waals surface area contributed by atoms with Crippen molar-refractivity contribution in [1.82, 2.24) is 5.32 Å². The molecule has 0 aliphatic carbocycles. The number of benzene rings is 1. The zero-order valence-corrected chi connectivity index (χ0v) is 12.0. The van der Waals surface area contributed by atoms with Crippen LogP contribution in [0.5, 0.6) is 0 Å². The van der Waals surface area contributed by atoms with Crippen LogP contribution in [0.25, 0.3) is 0 Å². The van der Waals surface area contributed by atoms with Crippen molar-refractivity contribution in [3.05, 3.63) is 23.2 Å². The van der Waals surface area contributed by atoms with Gasteiger partial charge in [0.2, 0.25) is 0 Å². The third-order valence-electron chi connectivity index (χ3n) is 2.15. The summed E-state index contributed by atoms with van der Waals surface area (Å²) in [5.41, 5.74) is 0.299. The van der Waals surface area contributed by atoms with E-state index in [1.165, 1.54) is 25.1 Å². The van der Waals surface area contributed by atoms with Gasteiger partial charge in [0.15, 0.2) is 9.84 Å². The second-order valence-corrected chi connectivity index (χ2v) is 6.49. The van der Waals surface area contributed by atoms with Gasteiger partial charge in [0.1, 0.15) is 0 Å². The van der Waals surface area contributed by atoms with E-state index in [0.717, 1.165) is 6.26 Å². The fourth-order valence-corrected chi connectivity index (χ4v) is 2.58. The number of halogens is 1. The van der Waals surface area contributed by atoms with Crippen molar-refractivity contribution in [3.8, 4) is 0 Å². The molecule has 0 bridgehead atoms. The lowest BCUT2D eigenvalue weighted by Gasteiger charge is -2.10. The van der Waals surface area contributed by atoms with E-state index in [1.807, 2.05) is 0 Å². The third-order valence-corrected chi connectivity index (χ3v) is 3.72. The van der Waals surface area contributed by atoms with Crippen molar-refractivity contribution in [1.29, 1.82) is 0 Å². The average molecular weight is 307 g/mol. The monoisotopic (exact) mass is 306 g/mol. The predicted octanol–water partition coefficient (Wildman–Crippen LogP) is 1.25. The van der Waals surface area contributed by atoms with Gasteiger partial charge in [-0.3, -0.25) is 0 Å². The number of nitrogens with one attached hydrogen (secondary N) is 2. The maximum Gasteiger partial charge on any atom is 0.319 e. The van der Waals surface area contributed by atoms with Gasteiger partial charge in [0, 0.05) is 18.5 Å². The van der Waals surface area contributed by atoms with Crippen LogP contribution in [0.2, 0.25) is 5.02 Å². The Kier molecular flexibility index (Phi) is 5.16. The lowest BCUT2D eigenvalue weighted by molar-refractivity contribution is 0.190. The van der Waals surface area contributed by atoms with Crippen LogP contribution in [0.1, 0.15) is 6.92 Å². The number of anilines is 1. The van der Waals surface area contributed by atoms with Crippen molar-refractivity contribution in [2.75, 3.05) is 18.1 Å². The molecule has 3 N–H and O–H groups in total. The number of hydrogen-bond acceptors (Lipinski definition) is 4. The number of aliphatic hydroxyl groups excluding tert-OH is 1. The van der Waals surface area contributed by atoms with Crippen molar-refractivity contribution >= 4 is 33.2 Å². The van der Waals surface area contributed by atoms with Gasteiger partial charge < -0.3 is 15.7 Å². The van der Waals surface area contributed by atoms with E-state index < -0.39 is 22.0 Å². The minimum atomic E-state index is -3.46. The molecule has 0 unspecified atom stereocenters. The molecule has 1 aromatic carbocycles. The van der Waals surface area contributed by atoms with Crippen LogP contribution >= 0.6 is 11.6 Å². The molecular formula is C11H15ClN2O4S. The number of urea groups is 1. The van der Waals surface area contributed by atoms with Crippen molar-refractivity contribution in [2.45, 2.75) is 17.9 Å². The number of hydrogen-bond donors (Lipinski definition) is 3. The minimum Gasteiger partial charge on any atom is -0.392 e. The molecule has 1 aromatic rings. The predicted molar refractivity (Wildman–Crippen MR) is 73.3 cm³/mol. The van der Waals surface area contributed by atoms with E-state index in [0.29, 0.717) is 5.69 Å². The number of carbonyl (C=O) groups is 1. The largest absolute Gasteiger partial charge is 0.392 e. The van der Waals surface area contributed by atoms with Gasteiger partial charge in [-0.15, -0.1) is 0 Å². The summed E-state index contributed by atoms with van der Waals surface area (Å²) in [5.74, 6) is 0. The molecule has 8 heteroatoms. The summed E-state index contributed by atoms with van der Waals surface area (Å²) in [4.78, 5) is 11.4. The molecule has 19 heavy (non-hydrogen) atoms. The second-order valence-electron chi connectivity index (χ2n) is 4.10. The molecular weight excluding hydrogens is 292 g/mol. The van der Waals surface area contributed by atoms with Gasteiger partial charge in [-0.1, -0.05) is 11.6 Å². The molecule has 0 heterocycles. The zero-order valence-electron chi connectivity index (χ0n) is 10.5. The molecule has 0 saturated heterocycles. The lowest BCUT2D eigenvalue weighted by Crippen LogP contribution is -2.34. The number of amides is 2. The van der Waals surface area contributed by atoms with Gasteiger partial charge in [0.25, 0.3) is 0 Å². The fraction of sp³-hybridized carbons (Fsp3) is 0.364. The number of carbonyl (C=O) groups excluding carboxylic acids is 1. The highest BCUT2D eigenvalue weighted by molar-refractivity contribution is 7.90. The molecule has 0 spiro atoms. The maximum atomic E-state index is 11.5. The van der Waals surface area contributed by atoms with Crippen LogP contribution < -0.4 is 10.6 Å². The first-order valence-corrected chi connectivity index (χ1v) is 7.69. The number of sulfone groups is 1. The van der Waals surface area contributed by atoms with E-state index in [9.17, 15) is 13.2 Å². The van der Waals surface area contributed by atoms with E-state index in [-0.39, 0.29) is 16.5 Å². The van der Waals surface area contributed by atoms with E-state index in [2.05, 4.69) is 10.6 Å². The van der Waals surface area contributed by atoms with Crippen LogP contribution in [0.4, 0.5) is 10.5 Å². The summed E-state index contributed by atoms with van der Waals surface area (Å²) < 4.78 is 22.9. The first-order valence-electron chi connectivity index (χ1n) is 5.42. The summed E-state index contributed by atoms with van der Waals surface area (Å²) in [6.07, 6.45) is 0.369. The Hall–Kier alpha value is -1.31. The summed E-state index contributed by atoms with van der Waals surface area (Å²) in [7, 11) is -3.46. The Labute approximate surface area is 116 Å². The maximum absolute atomic E-state index is 11.5. The number of aliphatic hydroxyl groups is 1. The SMILES string of the molecule is C[C@@H](O)CNC(=O)Nc1ccc(Cl)c(S(C)(=O)=O)c1. The molecule has 6 nitrogen and oxygen atoms in total. The second kappa shape index (κ2) is 6.23. The molecule has 0 aromatic heterocycles. The summed E-state index contributed by atoms with van der Waals surface area (Å²) in [6, 6.07) is 3.61. The van der Waals surface area contributed by atoms with Crippen molar-refractivity contribution in [2.24, 2.45) is 0 Å². The van der Waals surface area contributed by atoms with Gasteiger partial charge in [-0.05, 0) is 25.1 Å². The molecule has 0 aliphatic rings. The third kappa shape index (κ3) is 5.06. The molecule has 1 rings (SSSR count). The van der Waals surface area contributed by atoms with E-state index in [1.54, 1.807) is 0 Å². The van der Waals surface area contributed by atoms with Crippen molar-refractivity contribution in [3.63, 3.8) is 0 Å². The van der Waals surface area contributed by atoms with Gasteiger partial charge >= 0.3 is 6.03 Å². The molecule has 2 amide bonds. The Bertz CT molecular complexity index is 572. The Morgan fingerprint density at radius 3 is 2.63 bits per heavy atom. The average Bonchev–Trinajstić information content (AvgIpc) is 2.27. The van der Waals surface area contributed by atoms with Crippen LogP contribution in [-0.2, 0) is 9.84 Å². The highest BCUT2D eigenvalue weighted by atomic mass is 35.5. The molecule has 0 aliphatic heterocycles. The van der Waals surface area contributed by atoms with E-state index in [4.69, 9.17) is 16.7 Å². The summed E-state index contributed by atoms with van der Waals surface area (Å²) in [5, 5.41) is 14.0. The smallest absolute Gasteiger partial charge is 0.319 e. The topological polar surface area (TPSA) is 95.5 Å². The Balaban J connectivity index is 2.84. The fourth-order valence-electron chi connectivity index (χ4n) is 1.28. The lowest BCUT2D eigenvalue weighted by atomic mass is 10.3. The highest BCUT2D eigenvalue weighted by Gasteiger charge is 2.13. The minimum absolute atomic E-state index is 0.0532. The molecule has 106 valence electrons. The molecule has 0 fully saturated rings. The summed E-state index contributed by atoms with van der Waals surface area (Å²) in [6.45, 7) is 1.63. The standard InChI is InChI=1S/C11H15ClN2O4S/c1-7(15)6-13-11(16)14-8-3-4-9(12)10(5-8)19(2,17)18/h3-5,7,15H,6H2,1-2H3,(H2,13,14,16)/t7-/m1/s1.